The maximum Gasteiger partial charge on any atom is 0.146 e. The average Bonchev–Trinajstić information content (AvgIpc) is 2.38. The van der Waals surface area contributed by atoms with Crippen molar-refractivity contribution in [1.29, 1.82) is 0 Å². The zero-order valence-corrected chi connectivity index (χ0v) is 11.2. The lowest BCUT2D eigenvalue weighted by molar-refractivity contribution is 0.461. The summed E-state index contributed by atoms with van der Waals surface area (Å²) in [5, 5.41) is 3.34. The van der Waals surface area contributed by atoms with Crippen molar-refractivity contribution < 1.29 is 4.39 Å². The van der Waals surface area contributed by atoms with Gasteiger partial charge in [-0.15, -0.1) is 6.58 Å². The van der Waals surface area contributed by atoms with Gasteiger partial charge >= 0.3 is 0 Å². The second-order valence-electron chi connectivity index (χ2n) is 4.43. The molecule has 0 aliphatic carbocycles. The van der Waals surface area contributed by atoms with Crippen LogP contribution in [0.3, 0.4) is 0 Å². The minimum Gasteiger partial charge on any atom is -0.310 e. The fourth-order valence-corrected chi connectivity index (χ4v) is 2.10. The van der Waals surface area contributed by atoms with Crippen LogP contribution < -0.4 is 5.32 Å². The molecule has 1 heterocycles. The molecule has 1 unspecified atom stereocenters. The Morgan fingerprint density at radius 3 is 2.94 bits per heavy atom. The normalized spacial score (nSPS) is 12.3. The van der Waals surface area contributed by atoms with Gasteiger partial charge in [0.1, 0.15) is 5.82 Å². The molecule has 1 N–H and O–H groups in total. The lowest BCUT2D eigenvalue weighted by atomic mass is 10.0. The number of hydrogen-bond donors (Lipinski definition) is 1. The van der Waals surface area contributed by atoms with Crippen molar-refractivity contribution in [3.05, 3.63) is 42.5 Å². The van der Waals surface area contributed by atoms with E-state index >= 15 is 0 Å². The Kier molecular flexibility index (Phi) is 7.26. The molecule has 0 amide bonds. The number of hydrogen-bond acceptors (Lipinski definition) is 2. The fourth-order valence-electron chi connectivity index (χ4n) is 2.10. The minimum absolute atomic E-state index is 0.0988. The summed E-state index contributed by atoms with van der Waals surface area (Å²) < 4.78 is 13.7. The first kappa shape index (κ1) is 14.8. The van der Waals surface area contributed by atoms with E-state index in [4.69, 9.17) is 0 Å². The summed E-state index contributed by atoms with van der Waals surface area (Å²) in [5.74, 6) is -0.213. The van der Waals surface area contributed by atoms with Crippen LogP contribution in [0.1, 0.15) is 50.6 Å². The zero-order chi connectivity index (χ0) is 13.2. The summed E-state index contributed by atoms with van der Waals surface area (Å²) >= 11 is 0. The molecule has 0 aliphatic rings. The first-order chi connectivity index (χ1) is 8.79. The van der Waals surface area contributed by atoms with Gasteiger partial charge in [-0.3, -0.25) is 4.98 Å². The summed E-state index contributed by atoms with van der Waals surface area (Å²) in [6.45, 7) is 6.60. The molecule has 18 heavy (non-hydrogen) atoms. The van der Waals surface area contributed by atoms with E-state index in [9.17, 15) is 4.39 Å². The summed E-state index contributed by atoms with van der Waals surface area (Å²) in [7, 11) is 0. The molecular formula is C15H23FN2. The topological polar surface area (TPSA) is 24.9 Å². The molecule has 0 bridgehead atoms. The molecule has 100 valence electrons. The van der Waals surface area contributed by atoms with E-state index in [2.05, 4.69) is 16.9 Å². The van der Waals surface area contributed by atoms with Crippen molar-refractivity contribution in [1.82, 2.24) is 10.3 Å². The van der Waals surface area contributed by atoms with Gasteiger partial charge in [0.2, 0.25) is 0 Å². The van der Waals surface area contributed by atoms with E-state index in [0.717, 1.165) is 31.4 Å². The fraction of sp³-hybridized carbons (Fsp3) is 0.533. The van der Waals surface area contributed by atoms with E-state index in [1.54, 1.807) is 12.3 Å². The Morgan fingerprint density at radius 1 is 1.44 bits per heavy atom. The Hall–Kier alpha value is -1.22. The number of allylic oxidation sites excluding steroid dienone is 1. The van der Waals surface area contributed by atoms with Crippen LogP contribution in [0.25, 0.3) is 0 Å². The number of halogens is 1. The first-order valence-electron chi connectivity index (χ1n) is 6.73. The predicted molar refractivity (Wildman–Crippen MR) is 73.9 cm³/mol. The van der Waals surface area contributed by atoms with Crippen molar-refractivity contribution in [3.63, 3.8) is 0 Å². The third-order valence-electron chi connectivity index (χ3n) is 3.03. The monoisotopic (exact) mass is 250 g/mol. The molecule has 1 rings (SSSR count). The van der Waals surface area contributed by atoms with Gasteiger partial charge in [-0.1, -0.05) is 25.8 Å². The van der Waals surface area contributed by atoms with Crippen LogP contribution in [0.2, 0.25) is 0 Å². The van der Waals surface area contributed by atoms with Crippen molar-refractivity contribution >= 4 is 0 Å². The molecule has 1 aromatic heterocycles. The smallest absolute Gasteiger partial charge is 0.146 e. The molecule has 1 aromatic rings. The summed E-state index contributed by atoms with van der Waals surface area (Å²) in [4.78, 5) is 3.79. The van der Waals surface area contributed by atoms with Crippen molar-refractivity contribution in [2.45, 2.75) is 45.1 Å². The number of nitrogens with zero attached hydrogens (tertiary/aromatic N) is 1. The standard InChI is InChI=1S/C15H23FN2/c1-3-5-6-7-8-9-15(18-4-2)13-10-11-17-12-14(13)16/h3,10-12,15,18H,1,4-9H2,2H3. The first-order valence-corrected chi connectivity index (χ1v) is 6.73. The van der Waals surface area contributed by atoms with Crippen LogP contribution in [0, 0.1) is 5.82 Å². The molecule has 1 atom stereocenters. The van der Waals surface area contributed by atoms with Crippen LogP contribution in [0.4, 0.5) is 4.39 Å². The van der Waals surface area contributed by atoms with Gasteiger partial charge in [0.25, 0.3) is 0 Å². The Labute approximate surface area is 109 Å². The van der Waals surface area contributed by atoms with Gasteiger partial charge in [-0.2, -0.15) is 0 Å². The number of pyridine rings is 1. The van der Waals surface area contributed by atoms with Crippen LogP contribution in [-0.4, -0.2) is 11.5 Å². The molecule has 0 radical (unpaired) electrons. The molecular weight excluding hydrogens is 227 g/mol. The van der Waals surface area contributed by atoms with Crippen LogP contribution >= 0.6 is 0 Å². The number of aromatic nitrogens is 1. The highest BCUT2D eigenvalue weighted by Gasteiger charge is 2.13. The van der Waals surface area contributed by atoms with Gasteiger partial charge in [0, 0.05) is 17.8 Å². The largest absolute Gasteiger partial charge is 0.310 e. The molecule has 0 aliphatic heterocycles. The average molecular weight is 250 g/mol. The SMILES string of the molecule is C=CCCCCCC(NCC)c1ccncc1F. The Morgan fingerprint density at radius 2 is 2.28 bits per heavy atom. The van der Waals surface area contributed by atoms with Crippen LogP contribution in [0.15, 0.2) is 31.1 Å². The van der Waals surface area contributed by atoms with Crippen molar-refractivity contribution in [2.75, 3.05) is 6.54 Å². The molecule has 0 saturated heterocycles. The van der Waals surface area contributed by atoms with E-state index in [-0.39, 0.29) is 11.9 Å². The van der Waals surface area contributed by atoms with E-state index in [0.29, 0.717) is 0 Å². The summed E-state index contributed by atoms with van der Waals surface area (Å²) in [6, 6.07) is 1.87. The second-order valence-corrected chi connectivity index (χ2v) is 4.43. The highest BCUT2D eigenvalue weighted by Crippen LogP contribution is 2.22. The number of unbranched alkanes of at least 4 members (excludes halogenated alkanes) is 3. The minimum atomic E-state index is -0.213. The lowest BCUT2D eigenvalue weighted by Crippen LogP contribution is -2.22. The molecule has 0 fully saturated rings. The van der Waals surface area contributed by atoms with Crippen LogP contribution in [0.5, 0.6) is 0 Å². The van der Waals surface area contributed by atoms with Gasteiger partial charge in [-0.05, 0) is 31.9 Å². The van der Waals surface area contributed by atoms with E-state index < -0.39 is 0 Å². The zero-order valence-electron chi connectivity index (χ0n) is 11.2. The predicted octanol–water partition coefficient (Wildman–Crippen LogP) is 4.01. The third-order valence-corrected chi connectivity index (χ3v) is 3.03. The van der Waals surface area contributed by atoms with Crippen molar-refractivity contribution in [3.8, 4) is 0 Å². The highest BCUT2D eigenvalue weighted by molar-refractivity contribution is 5.17. The van der Waals surface area contributed by atoms with E-state index in [1.165, 1.54) is 19.0 Å². The second kappa shape index (κ2) is 8.81. The van der Waals surface area contributed by atoms with Gasteiger partial charge < -0.3 is 5.32 Å². The van der Waals surface area contributed by atoms with Gasteiger partial charge in [0.05, 0.1) is 6.20 Å². The third kappa shape index (κ3) is 4.96. The molecule has 2 nitrogen and oxygen atoms in total. The molecule has 0 spiro atoms. The maximum atomic E-state index is 13.7. The van der Waals surface area contributed by atoms with E-state index in [1.807, 2.05) is 13.0 Å². The number of nitrogens with one attached hydrogen (secondary N) is 1. The van der Waals surface area contributed by atoms with Gasteiger partial charge in [0.15, 0.2) is 0 Å². The number of rotatable bonds is 9. The maximum absolute atomic E-state index is 13.7. The molecule has 3 heteroatoms. The molecule has 0 aromatic carbocycles. The Bertz CT molecular complexity index is 352. The lowest BCUT2D eigenvalue weighted by Gasteiger charge is -2.18. The van der Waals surface area contributed by atoms with Crippen LogP contribution in [-0.2, 0) is 0 Å². The quantitative estimate of drug-likeness (QED) is 0.529. The van der Waals surface area contributed by atoms with Gasteiger partial charge in [-0.25, -0.2) is 4.39 Å². The highest BCUT2D eigenvalue weighted by atomic mass is 19.1. The summed E-state index contributed by atoms with van der Waals surface area (Å²) in [5.41, 5.74) is 0.732. The van der Waals surface area contributed by atoms with Crippen molar-refractivity contribution in [2.24, 2.45) is 0 Å². The Balaban J connectivity index is 2.49. The summed E-state index contributed by atoms with van der Waals surface area (Å²) in [6.07, 6.45) is 10.4. The molecule has 0 saturated carbocycles.